The molecule has 2 rings (SSSR count). The van der Waals surface area contributed by atoms with Crippen molar-refractivity contribution in [1.29, 1.82) is 0 Å². The second-order valence-corrected chi connectivity index (χ2v) is 6.70. The Hall–Kier alpha value is -1.24. The van der Waals surface area contributed by atoms with E-state index in [0.29, 0.717) is 6.04 Å². The quantitative estimate of drug-likeness (QED) is 0.685. The van der Waals surface area contributed by atoms with Gasteiger partial charge in [-0.3, -0.25) is 0 Å². The van der Waals surface area contributed by atoms with Gasteiger partial charge in [-0.05, 0) is 19.1 Å². The van der Waals surface area contributed by atoms with Gasteiger partial charge in [0.1, 0.15) is 5.75 Å². The first-order chi connectivity index (χ1) is 9.95. The van der Waals surface area contributed by atoms with Gasteiger partial charge in [0.15, 0.2) is 5.16 Å². The number of aliphatic hydroxyl groups excluding tert-OH is 1. The van der Waals surface area contributed by atoms with Crippen LogP contribution >= 0.6 is 11.8 Å². The van der Waals surface area contributed by atoms with E-state index in [2.05, 4.69) is 29.1 Å². The molecule has 1 heterocycles. The fraction of sp³-hybridized carbons (Fsp3) is 0.533. The highest BCUT2D eigenvalue weighted by Gasteiger charge is 2.24. The van der Waals surface area contributed by atoms with E-state index in [4.69, 9.17) is 4.74 Å². The number of nitrogens with one attached hydrogen (secondary N) is 2. The van der Waals surface area contributed by atoms with Gasteiger partial charge in [0, 0.05) is 23.4 Å². The SMILES string of the molecule is COc1ccc2nc(SCC(C)(CO)NC(C)C)[nH]c2c1. The molecule has 0 aliphatic rings. The van der Waals surface area contributed by atoms with Crippen molar-refractivity contribution in [1.82, 2.24) is 15.3 Å². The third-order valence-electron chi connectivity index (χ3n) is 3.18. The van der Waals surface area contributed by atoms with Crippen molar-refractivity contribution in [2.75, 3.05) is 19.5 Å². The Kier molecular flexibility index (Phi) is 5.13. The van der Waals surface area contributed by atoms with Gasteiger partial charge in [-0.2, -0.15) is 0 Å². The maximum Gasteiger partial charge on any atom is 0.166 e. The first kappa shape index (κ1) is 16.1. The first-order valence-corrected chi connectivity index (χ1v) is 7.99. The van der Waals surface area contributed by atoms with Gasteiger partial charge in [-0.15, -0.1) is 0 Å². The van der Waals surface area contributed by atoms with Crippen molar-refractivity contribution in [3.63, 3.8) is 0 Å². The molecule has 0 saturated carbocycles. The molecule has 0 bridgehead atoms. The average Bonchev–Trinajstić information content (AvgIpc) is 2.86. The molecule has 5 nitrogen and oxygen atoms in total. The van der Waals surface area contributed by atoms with Crippen LogP contribution in [0.25, 0.3) is 11.0 Å². The van der Waals surface area contributed by atoms with Crippen LogP contribution in [0.4, 0.5) is 0 Å². The molecular weight excluding hydrogens is 286 g/mol. The summed E-state index contributed by atoms with van der Waals surface area (Å²) in [5.41, 5.74) is 1.55. The lowest BCUT2D eigenvalue weighted by Crippen LogP contribution is -2.51. The molecule has 0 aliphatic carbocycles. The zero-order chi connectivity index (χ0) is 15.5. The lowest BCUT2D eigenvalue weighted by Gasteiger charge is -2.30. The highest BCUT2D eigenvalue weighted by Crippen LogP contribution is 2.25. The molecule has 1 unspecified atom stereocenters. The topological polar surface area (TPSA) is 70.2 Å². The number of aromatic nitrogens is 2. The number of H-pyrrole nitrogens is 1. The van der Waals surface area contributed by atoms with Crippen LogP contribution in [0.15, 0.2) is 23.4 Å². The van der Waals surface area contributed by atoms with E-state index in [9.17, 15) is 5.11 Å². The lowest BCUT2D eigenvalue weighted by atomic mass is 10.1. The van der Waals surface area contributed by atoms with Crippen LogP contribution < -0.4 is 10.1 Å². The van der Waals surface area contributed by atoms with E-state index in [1.165, 1.54) is 0 Å². The minimum atomic E-state index is -0.324. The summed E-state index contributed by atoms with van der Waals surface area (Å²) in [5, 5.41) is 13.8. The van der Waals surface area contributed by atoms with Gasteiger partial charge < -0.3 is 20.1 Å². The van der Waals surface area contributed by atoms with E-state index < -0.39 is 0 Å². The average molecular weight is 309 g/mol. The molecule has 1 atom stereocenters. The summed E-state index contributed by atoms with van der Waals surface area (Å²) in [7, 11) is 1.65. The van der Waals surface area contributed by atoms with Crippen molar-refractivity contribution >= 4 is 22.8 Å². The van der Waals surface area contributed by atoms with Crippen LogP contribution in [0.2, 0.25) is 0 Å². The Morgan fingerprint density at radius 3 is 2.86 bits per heavy atom. The number of nitrogens with zero attached hydrogens (tertiary/aromatic N) is 1. The lowest BCUT2D eigenvalue weighted by molar-refractivity contribution is 0.183. The summed E-state index contributed by atoms with van der Waals surface area (Å²) in [6.45, 7) is 6.26. The first-order valence-electron chi connectivity index (χ1n) is 7.01. The molecule has 116 valence electrons. The Labute approximate surface area is 129 Å². The van der Waals surface area contributed by atoms with E-state index in [1.54, 1.807) is 18.9 Å². The number of rotatable bonds is 7. The van der Waals surface area contributed by atoms with Crippen LogP contribution in [-0.2, 0) is 0 Å². The highest BCUT2D eigenvalue weighted by atomic mass is 32.2. The molecule has 0 spiro atoms. The summed E-state index contributed by atoms with van der Waals surface area (Å²) < 4.78 is 5.21. The minimum absolute atomic E-state index is 0.0895. The van der Waals surface area contributed by atoms with Crippen LogP contribution in [-0.4, -0.2) is 46.1 Å². The zero-order valence-electron chi connectivity index (χ0n) is 12.9. The largest absolute Gasteiger partial charge is 0.497 e. The molecule has 0 saturated heterocycles. The molecule has 1 aromatic heterocycles. The highest BCUT2D eigenvalue weighted by molar-refractivity contribution is 7.99. The fourth-order valence-electron chi connectivity index (χ4n) is 2.22. The van der Waals surface area contributed by atoms with Gasteiger partial charge in [-0.1, -0.05) is 25.6 Å². The minimum Gasteiger partial charge on any atom is -0.497 e. The Bertz CT molecular complexity index is 600. The number of ether oxygens (including phenoxy) is 1. The molecule has 0 radical (unpaired) electrons. The van der Waals surface area contributed by atoms with Crippen molar-refractivity contribution in [3.05, 3.63) is 18.2 Å². The summed E-state index contributed by atoms with van der Waals surface area (Å²) in [6.07, 6.45) is 0. The van der Waals surface area contributed by atoms with Gasteiger partial charge in [0.2, 0.25) is 0 Å². The van der Waals surface area contributed by atoms with Crippen molar-refractivity contribution in [3.8, 4) is 5.75 Å². The number of hydrogen-bond acceptors (Lipinski definition) is 5. The van der Waals surface area contributed by atoms with Crippen LogP contribution in [0, 0.1) is 0 Å². The molecule has 0 fully saturated rings. The molecule has 21 heavy (non-hydrogen) atoms. The number of thioether (sulfide) groups is 1. The summed E-state index contributed by atoms with van der Waals surface area (Å²) in [5.74, 6) is 1.54. The number of methoxy groups -OCH3 is 1. The van der Waals surface area contributed by atoms with Gasteiger partial charge in [0.05, 0.1) is 24.8 Å². The second-order valence-electron chi connectivity index (χ2n) is 5.73. The maximum absolute atomic E-state index is 9.60. The molecular formula is C15H23N3O2S. The molecule has 0 aliphatic heterocycles. The molecule has 1 aromatic carbocycles. The normalized spacial score (nSPS) is 14.6. The Balaban J connectivity index is 2.09. The molecule has 6 heteroatoms. The van der Waals surface area contributed by atoms with E-state index in [0.717, 1.165) is 27.7 Å². The van der Waals surface area contributed by atoms with Crippen molar-refractivity contribution < 1.29 is 9.84 Å². The van der Waals surface area contributed by atoms with Crippen LogP contribution in [0.5, 0.6) is 5.75 Å². The van der Waals surface area contributed by atoms with E-state index in [-0.39, 0.29) is 12.1 Å². The predicted octanol–water partition coefficient (Wildman–Crippen LogP) is 2.41. The Morgan fingerprint density at radius 1 is 1.48 bits per heavy atom. The predicted molar refractivity (Wildman–Crippen MR) is 87.1 cm³/mol. The van der Waals surface area contributed by atoms with Crippen LogP contribution in [0.3, 0.4) is 0 Å². The summed E-state index contributed by atoms with van der Waals surface area (Å²) in [4.78, 5) is 7.83. The standard InChI is InChI=1S/C15H23N3O2S/c1-10(2)18-15(3,8-19)9-21-14-16-12-6-5-11(20-4)7-13(12)17-14/h5-7,10,18-19H,8-9H2,1-4H3,(H,16,17). The van der Waals surface area contributed by atoms with Gasteiger partial charge >= 0.3 is 0 Å². The van der Waals surface area contributed by atoms with E-state index in [1.807, 2.05) is 25.1 Å². The maximum atomic E-state index is 9.60. The third kappa shape index (κ3) is 4.12. The van der Waals surface area contributed by atoms with Crippen LogP contribution in [0.1, 0.15) is 20.8 Å². The molecule has 0 amide bonds. The van der Waals surface area contributed by atoms with Gasteiger partial charge in [-0.25, -0.2) is 4.98 Å². The summed E-state index contributed by atoms with van der Waals surface area (Å²) in [6, 6.07) is 6.09. The van der Waals surface area contributed by atoms with Crippen molar-refractivity contribution in [2.24, 2.45) is 0 Å². The monoisotopic (exact) mass is 309 g/mol. The number of aromatic amines is 1. The van der Waals surface area contributed by atoms with E-state index >= 15 is 0 Å². The third-order valence-corrected chi connectivity index (χ3v) is 4.43. The zero-order valence-corrected chi connectivity index (χ0v) is 13.8. The second kappa shape index (κ2) is 6.68. The number of benzene rings is 1. The molecule has 3 N–H and O–H groups in total. The Morgan fingerprint density at radius 2 is 2.24 bits per heavy atom. The summed E-state index contributed by atoms with van der Waals surface area (Å²) >= 11 is 1.60. The van der Waals surface area contributed by atoms with Crippen molar-refractivity contribution in [2.45, 2.75) is 37.5 Å². The van der Waals surface area contributed by atoms with Gasteiger partial charge in [0.25, 0.3) is 0 Å². The smallest absolute Gasteiger partial charge is 0.166 e. The fourth-order valence-corrected chi connectivity index (χ4v) is 3.19. The number of hydrogen-bond donors (Lipinski definition) is 3. The molecule has 2 aromatic rings. The number of fused-ring (bicyclic) bond motifs is 1. The number of imidazole rings is 1. The number of aliphatic hydroxyl groups is 1.